The molecule has 0 unspecified atom stereocenters. The summed E-state index contributed by atoms with van der Waals surface area (Å²) in [5.41, 5.74) is 2.81. The Morgan fingerprint density at radius 3 is 1.64 bits per heavy atom. The van der Waals surface area contributed by atoms with Crippen LogP contribution in [-0.2, 0) is 17.1 Å². The maximum atomic E-state index is 12.4. The third-order valence-corrected chi connectivity index (χ3v) is 3.49. The van der Waals surface area contributed by atoms with E-state index in [2.05, 4.69) is 0 Å². The third kappa shape index (κ3) is 6.86. The molecule has 0 saturated carbocycles. The van der Waals surface area contributed by atoms with Gasteiger partial charge in [-0.2, -0.15) is 26.3 Å². The van der Waals surface area contributed by atoms with Gasteiger partial charge in [0.1, 0.15) is 0 Å². The molecule has 2 rings (SSSR count). The third-order valence-electron chi connectivity index (χ3n) is 3.49. The summed E-state index contributed by atoms with van der Waals surface area (Å²) in [6.07, 6.45) is -11.1. The zero-order valence-electron chi connectivity index (χ0n) is 14.4. The van der Waals surface area contributed by atoms with Crippen molar-refractivity contribution in [2.24, 2.45) is 5.73 Å². The Morgan fingerprint density at radius 2 is 1.32 bits per heavy atom. The second-order valence-electron chi connectivity index (χ2n) is 5.78. The lowest BCUT2D eigenvalue weighted by molar-refractivity contribution is -0.147. The fourth-order valence-electron chi connectivity index (χ4n) is 2.02. The van der Waals surface area contributed by atoms with E-state index in [1.54, 1.807) is 30.3 Å². The average Bonchev–Trinajstić information content (AvgIpc) is 2.60. The molecule has 0 radical (unpaired) electrons. The number of carboxylic acid groups (broad SMARTS) is 1. The van der Waals surface area contributed by atoms with Crippen molar-refractivity contribution in [1.29, 1.82) is 0 Å². The van der Waals surface area contributed by atoms with Gasteiger partial charge in [0.25, 0.3) is 0 Å². The normalized spacial score (nSPS) is 13.9. The number of carboxylic acids is 1. The molecule has 4 N–H and O–H groups in total. The molecular formula is C18H17F6NO3. The second-order valence-corrected chi connectivity index (χ2v) is 5.78. The topological polar surface area (TPSA) is 83.6 Å². The summed E-state index contributed by atoms with van der Waals surface area (Å²) < 4.78 is 74.3. The molecule has 0 bridgehead atoms. The van der Waals surface area contributed by atoms with Crippen LogP contribution in [0.5, 0.6) is 0 Å². The summed E-state index contributed by atoms with van der Waals surface area (Å²) >= 11 is 0. The molecule has 0 aliphatic carbocycles. The van der Waals surface area contributed by atoms with Crippen LogP contribution in [0.1, 0.15) is 41.3 Å². The molecule has 28 heavy (non-hydrogen) atoms. The molecule has 0 aromatic heterocycles. The lowest BCUT2D eigenvalue weighted by atomic mass is 10.0. The largest absolute Gasteiger partial charge is 0.479 e. The van der Waals surface area contributed by atoms with Gasteiger partial charge in [-0.3, -0.25) is 0 Å². The van der Waals surface area contributed by atoms with Gasteiger partial charge in [-0.1, -0.05) is 30.3 Å². The number of alkyl halides is 6. The maximum absolute atomic E-state index is 12.4. The quantitative estimate of drug-likeness (QED) is 0.650. The van der Waals surface area contributed by atoms with Crippen molar-refractivity contribution < 1.29 is 41.4 Å². The molecule has 0 aliphatic heterocycles. The Morgan fingerprint density at radius 1 is 0.893 bits per heavy atom. The van der Waals surface area contributed by atoms with Crippen LogP contribution in [0, 0.1) is 0 Å². The number of rotatable bonds is 3. The Hall–Kier alpha value is -2.59. The Balaban J connectivity index is 0.000000307. The minimum Gasteiger partial charge on any atom is -0.479 e. The van der Waals surface area contributed by atoms with E-state index >= 15 is 0 Å². The van der Waals surface area contributed by atoms with Crippen molar-refractivity contribution >= 4 is 5.97 Å². The number of aliphatic hydroxyl groups excluding tert-OH is 1. The Labute approximate surface area is 156 Å². The highest BCUT2D eigenvalue weighted by molar-refractivity contribution is 5.73. The highest BCUT2D eigenvalue weighted by Gasteiger charge is 2.37. The van der Waals surface area contributed by atoms with Gasteiger partial charge < -0.3 is 15.9 Å². The smallest absolute Gasteiger partial charge is 0.416 e. The first-order valence-corrected chi connectivity index (χ1v) is 7.74. The summed E-state index contributed by atoms with van der Waals surface area (Å²) in [7, 11) is 0. The summed E-state index contributed by atoms with van der Waals surface area (Å²) in [4.78, 5) is 10.2. The van der Waals surface area contributed by atoms with Crippen LogP contribution >= 0.6 is 0 Å². The first-order valence-electron chi connectivity index (χ1n) is 7.74. The number of carbonyl (C=O) groups is 1. The van der Waals surface area contributed by atoms with Crippen molar-refractivity contribution in [2.45, 2.75) is 31.4 Å². The summed E-state index contributed by atoms with van der Waals surface area (Å²) in [5, 5.41) is 17.4. The van der Waals surface area contributed by atoms with E-state index in [1.165, 1.54) is 6.92 Å². The number of aliphatic hydroxyl groups is 1. The van der Waals surface area contributed by atoms with E-state index < -0.39 is 41.6 Å². The first-order chi connectivity index (χ1) is 12.7. The van der Waals surface area contributed by atoms with E-state index in [0.717, 1.165) is 0 Å². The van der Waals surface area contributed by atoms with Crippen LogP contribution in [0.15, 0.2) is 48.5 Å². The number of halogens is 6. The van der Waals surface area contributed by atoms with Crippen LogP contribution in [0.25, 0.3) is 0 Å². The standard InChI is InChI=1S/C10H9F6N.C8H8O3/c1-5(17)6-2-7(9(11,12)13)4-8(3-6)10(14,15)16;9-7(8(10)11)6-4-2-1-3-5-6/h2-5H,17H2,1H3;1-5,7,9H,(H,10,11)/t5-;7-/m00/s1. The molecule has 2 atom stereocenters. The molecule has 154 valence electrons. The average molecular weight is 409 g/mol. The molecule has 0 fully saturated rings. The zero-order chi connectivity index (χ0) is 21.7. The van der Waals surface area contributed by atoms with Gasteiger partial charge in [0.05, 0.1) is 11.1 Å². The zero-order valence-corrected chi connectivity index (χ0v) is 14.4. The van der Waals surface area contributed by atoms with Gasteiger partial charge in [0.2, 0.25) is 0 Å². The molecule has 0 spiro atoms. The predicted octanol–water partition coefficient (Wildman–Crippen LogP) is 4.55. The maximum Gasteiger partial charge on any atom is 0.416 e. The van der Waals surface area contributed by atoms with Crippen molar-refractivity contribution in [1.82, 2.24) is 0 Å². The van der Waals surface area contributed by atoms with E-state index in [9.17, 15) is 31.1 Å². The number of aliphatic carboxylic acids is 1. The monoisotopic (exact) mass is 409 g/mol. The fraction of sp³-hybridized carbons (Fsp3) is 0.278. The Kier molecular flexibility index (Phi) is 7.59. The van der Waals surface area contributed by atoms with E-state index in [-0.39, 0.29) is 11.6 Å². The minimum absolute atomic E-state index is 0.0753. The second kappa shape index (κ2) is 9.07. The molecule has 0 heterocycles. The number of nitrogens with two attached hydrogens (primary N) is 1. The summed E-state index contributed by atoms with van der Waals surface area (Å²) in [6, 6.07) is 8.68. The van der Waals surface area contributed by atoms with Crippen LogP contribution in [0.2, 0.25) is 0 Å². The van der Waals surface area contributed by atoms with Crippen molar-refractivity contribution in [2.75, 3.05) is 0 Å². The fourth-order valence-corrected chi connectivity index (χ4v) is 2.02. The Bertz CT molecular complexity index is 756. The van der Waals surface area contributed by atoms with Gasteiger partial charge in [-0.25, -0.2) is 4.79 Å². The van der Waals surface area contributed by atoms with Crippen molar-refractivity contribution in [3.05, 3.63) is 70.8 Å². The van der Waals surface area contributed by atoms with Crippen molar-refractivity contribution in [3.63, 3.8) is 0 Å². The first kappa shape index (κ1) is 23.4. The van der Waals surface area contributed by atoms with Gasteiger partial charge >= 0.3 is 18.3 Å². The van der Waals surface area contributed by atoms with Gasteiger partial charge in [0, 0.05) is 6.04 Å². The highest BCUT2D eigenvalue weighted by Crippen LogP contribution is 2.37. The predicted molar refractivity (Wildman–Crippen MR) is 88.1 cm³/mol. The SMILES string of the molecule is C[C@H](N)c1cc(C(F)(F)F)cc(C(F)(F)F)c1.O=C(O)[C@@H](O)c1ccccc1. The lowest BCUT2D eigenvalue weighted by Gasteiger charge is -2.15. The summed E-state index contributed by atoms with van der Waals surface area (Å²) in [6.45, 7) is 1.32. The van der Waals surface area contributed by atoms with Crippen LogP contribution in [0.3, 0.4) is 0 Å². The number of benzene rings is 2. The molecule has 10 heteroatoms. The van der Waals surface area contributed by atoms with E-state index in [4.69, 9.17) is 15.9 Å². The van der Waals surface area contributed by atoms with Crippen LogP contribution in [0.4, 0.5) is 26.3 Å². The molecule has 0 amide bonds. The molecule has 2 aromatic rings. The molecule has 0 saturated heterocycles. The van der Waals surface area contributed by atoms with Gasteiger partial charge in [-0.05, 0) is 36.2 Å². The van der Waals surface area contributed by atoms with Crippen LogP contribution in [-0.4, -0.2) is 16.2 Å². The van der Waals surface area contributed by atoms with Crippen LogP contribution < -0.4 is 5.73 Å². The minimum atomic E-state index is -4.83. The summed E-state index contributed by atoms with van der Waals surface area (Å²) in [5.74, 6) is -1.23. The van der Waals surface area contributed by atoms with Gasteiger partial charge in [-0.15, -0.1) is 0 Å². The number of hydrogen-bond donors (Lipinski definition) is 3. The lowest BCUT2D eigenvalue weighted by Crippen LogP contribution is -2.14. The molecule has 0 aliphatic rings. The van der Waals surface area contributed by atoms with Crippen molar-refractivity contribution in [3.8, 4) is 0 Å². The molecular weight excluding hydrogens is 392 g/mol. The molecule has 4 nitrogen and oxygen atoms in total. The van der Waals surface area contributed by atoms with E-state index in [0.29, 0.717) is 17.7 Å². The number of hydrogen-bond acceptors (Lipinski definition) is 3. The van der Waals surface area contributed by atoms with Gasteiger partial charge in [0.15, 0.2) is 6.10 Å². The highest BCUT2D eigenvalue weighted by atomic mass is 19.4. The molecule has 2 aromatic carbocycles. The van der Waals surface area contributed by atoms with E-state index in [1.807, 2.05) is 0 Å².